The molecule has 0 spiro atoms. The van der Waals surface area contributed by atoms with Crippen LogP contribution in [0.3, 0.4) is 0 Å². The lowest BCUT2D eigenvalue weighted by atomic mass is 9.74. The highest BCUT2D eigenvalue weighted by atomic mass is 15.1. The van der Waals surface area contributed by atoms with Gasteiger partial charge >= 0.3 is 0 Å². The molecule has 0 amide bonds. The van der Waals surface area contributed by atoms with Gasteiger partial charge in [-0.3, -0.25) is 4.98 Å². The van der Waals surface area contributed by atoms with Crippen LogP contribution in [-0.4, -0.2) is 26.4 Å². The van der Waals surface area contributed by atoms with Crippen LogP contribution in [0.1, 0.15) is 0 Å². The molecule has 0 saturated carbocycles. The molecular formula is C12H15BN2. The van der Waals surface area contributed by atoms with E-state index in [0.717, 1.165) is 12.8 Å². The minimum Gasteiger partial charge on any atom is -0.378 e. The quantitative estimate of drug-likeness (QED) is 0.678. The normalized spacial score (nSPS) is 10.3. The summed E-state index contributed by atoms with van der Waals surface area (Å²) in [6.07, 6.45) is 1.96. The lowest BCUT2D eigenvalue weighted by Crippen LogP contribution is -2.11. The van der Waals surface area contributed by atoms with Gasteiger partial charge in [0.05, 0.1) is 5.52 Å². The zero-order valence-electron chi connectivity index (χ0n) is 9.49. The third kappa shape index (κ3) is 1.96. The molecule has 2 aromatic rings. The van der Waals surface area contributed by atoms with E-state index in [1.807, 2.05) is 20.3 Å². The molecule has 0 aliphatic heterocycles. The standard InChI is InChI=1S/C12H15BN2/c1-13-10-6-9-4-5-11(15(2)3)7-12(9)14-8-10/h4-8,13H,1-3H3. The van der Waals surface area contributed by atoms with Crippen molar-refractivity contribution in [1.29, 1.82) is 0 Å². The lowest BCUT2D eigenvalue weighted by molar-refractivity contribution is 1.13. The maximum absolute atomic E-state index is 4.47. The summed E-state index contributed by atoms with van der Waals surface area (Å²) in [5, 5.41) is 1.22. The molecule has 0 bridgehead atoms. The number of aromatic nitrogens is 1. The molecule has 0 fully saturated rings. The fourth-order valence-electron chi connectivity index (χ4n) is 1.63. The fourth-order valence-corrected chi connectivity index (χ4v) is 1.63. The van der Waals surface area contributed by atoms with Crippen molar-refractivity contribution in [2.75, 3.05) is 19.0 Å². The molecule has 1 aromatic heterocycles. The van der Waals surface area contributed by atoms with Gasteiger partial charge in [0.15, 0.2) is 7.28 Å². The number of benzene rings is 1. The number of hydrogen-bond donors (Lipinski definition) is 0. The van der Waals surface area contributed by atoms with Gasteiger partial charge in [-0.25, -0.2) is 0 Å². The summed E-state index contributed by atoms with van der Waals surface area (Å²) in [6, 6.07) is 8.59. The third-order valence-electron chi connectivity index (χ3n) is 2.65. The van der Waals surface area contributed by atoms with Crippen molar-refractivity contribution in [3.05, 3.63) is 30.5 Å². The van der Waals surface area contributed by atoms with Crippen molar-refractivity contribution in [2.45, 2.75) is 6.82 Å². The van der Waals surface area contributed by atoms with Crippen LogP contribution in [0, 0.1) is 0 Å². The molecule has 3 heteroatoms. The summed E-state index contributed by atoms with van der Waals surface area (Å²) in [4.78, 5) is 6.56. The topological polar surface area (TPSA) is 16.1 Å². The van der Waals surface area contributed by atoms with E-state index in [0.29, 0.717) is 0 Å². The molecule has 1 aromatic carbocycles. The number of pyridine rings is 1. The molecule has 15 heavy (non-hydrogen) atoms. The van der Waals surface area contributed by atoms with Crippen LogP contribution in [-0.2, 0) is 0 Å². The van der Waals surface area contributed by atoms with Gasteiger partial charge in [0.25, 0.3) is 0 Å². The highest BCUT2D eigenvalue weighted by Crippen LogP contribution is 2.17. The highest BCUT2D eigenvalue weighted by molar-refractivity contribution is 6.52. The molecule has 0 aliphatic rings. The number of rotatable bonds is 2. The van der Waals surface area contributed by atoms with Crippen molar-refractivity contribution >= 4 is 29.3 Å². The van der Waals surface area contributed by atoms with Gasteiger partial charge in [0.1, 0.15) is 0 Å². The Labute approximate surface area is 91.2 Å². The first-order chi connectivity index (χ1) is 7.20. The van der Waals surface area contributed by atoms with Crippen LogP contribution in [0.2, 0.25) is 6.82 Å². The van der Waals surface area contributed by atoms with Gasteiger partial charge < -0.3 is 4.90 Å². The molecule has 0 atom stereocenters. The average molecular weight is 198 g/mol. The van der Waals surface area contributed by atoms with Gasteiger partial charge in [-0.2, -0.15) is 0 Å². The predicted molar refractivity (Wildman–Crippen MR) is 68.7 cm³/mol. The molecule has 0 N–H and O–H groups in total. The Balaban J connectivity index is 2.55. The zero-order chi connectivity index (χ0) is 10.8. The van der Waals surface area contributed by atoms with Crippen molar-refractivity contribution in [3.63, 3.8) is 0 Å². The Morgan fingerprint density at radius 1 is 1.20 bits per heavy atom. The average Bonchev–Trinajstić information content (AvgIpc) is 2.27. The van der Waals surface area contributed by atoms with Crippen LogP contribution < -0.4 is 10.4 Å². The van der Waals surface area contributed by atoms with Crippen molar-refractivity contribution < 1.29 is 0 Å². The lowest BCUT2D eigenvalue weighted by Gasteiger charge is -2.12. The maximum Gasteiger partial charge on any atom is 0.156 e. The van der Waals surface area contributed by atoms with Crippen LogP contribution in [0.25, 0.3) is 10.9 Å². The van der Waals surface area contributed by atoms with Crippen LogP contribution in [0.4, 0.5) is 5.69 Å². The smallest absolute Gasteiger partial charge is 0.156 e. The molecule has 1 heterocycles. The largest absolute Gasteiger partial charge is 0.378 e. The second-order valence-corrected chi connectivity index (χ2v) is 3.97. The molecule has 0 radical (unpaired) electrons. The number of nitrogens with zero attached hydrogens (tertiary/aromatic N) is 2. The van der Waals surface area contributed by atoms with Crippen molar-refractivity contribution in [3.8, 4) is 0 Å². The molecule has 0 aliphatic carbocycles. The molecule has 0 unspecified atom stereocenters. The van der Waals surface area contributed by atoms with Crippen LogP contribution >= 0.6 is 0 Å². The summed E-state index contributed by atoms with van der Waals surface area (Å²) < 4.78 is 0. The number of hydrogen-bond acceptors (Lipinski definition) is 2. The summed E-state index contributed by atoms with van der Waals surface area (Å²) in [5.41, 5.74) is 3.55. The van der Waals surface area contributed by atoms with Gasteiger partial charge in [0.2, 0.25) is 0 Å². The Bertz CT molecular complexity index is 480. The minimum atomic E-state index is 1.04. The Morgan fingerprint density at radius 3 is 2.67 bits per heavy atom. The summed E-state index contributed by atoms with van der Waals surface area (Å²) in [7, 11) is 5.13. The van der Waals surface area contributed by atoms with Crippen LogP contribution in [0.5, 0.6) is 0 Å². The summed E-state index contributed by atoms with van der Waals surface area (Å²) in [6.45, 7) is 2.15. The van der Waals surface area contributed by atoms with E-state index < -0.39 is 0 Å². The van der Waals surface area contributed by atoms with Gasteiger partial charge in [-0.05, 0) is 17.5 Å². The molecule has 76 valence electrons. The van der Waals surface area contributed by atoms with E-state index in [4.69, 9.17) is 0 Å². The van der Waals surface area contributed by atoms with E-state index in [1.54, 1.807) is 0 Å². The summed E-state index contributed by atoms with van der Waals surface area (Å²) >= 11 is 0. The second-order valence-electron chi connectivity index (χ2n) is 3.97. The van der Waals surface area contributed by atoms with E-state index in [-0.39, 0.29) is 0 Å². The van der Waals surface area contributed by atoms with E-state index in [9.17, 15) is 0 Å². The minimum absolute atomic E-state index is 1.04. The van der Waals surface area contributed by atoms with Gasteiger partial charge in [-0.1, -0.05) is 24.4 Å². The number of anilines is 1. The predicted octanol–water partition coefficient (Wildman–Crippen LogP) is 1.41. The van der Waals surface area contributed by atoms with Crippen molar-refractivity contribution in [1.82, 2.24) is 4.98 Å². The van der Waals surface area contributed by atoms with E-state index in [1.165, 1.54) is 16.5 Å². The van der Waals surface area contributed by atoms with Crippen molar-refractivity contribution in [2.24, 2.45) is 0 Å². The monoisotopic (exact) mass is 198 g/mol. The van der Waals surface area contributed by atoms with E-state index >= 15 is 0 Å². The van der Waals surface area contributed by atoms with E-state index in [2.05, 4.69) is 41.0 Å². The maximum atomic E-state index is 4.47. The molecular weight excluding hydrogens is 183 g/mol. The SMILES string of the molecule is CBc1cnc2cc(N(C)C)ccc2c1. The first kappa shape index (κ1) is 10.0. The molecule has 0 saturated heterocycles. The first-order valence-electron chi connectivity index (χ1n) is 5.26. The molecule has 2 nitrogen and oxygen atoms in total. The second kappa shape index (κ2) is 3.93. The first-order valence-corrected chi connectivity index (χ1v) is 5.26. The Morgan fingerprint density at radius 2 is 2.00 bits per heavy atom. The van der Waals surface area contributed by atoms with Gasteiger partial charge in [0, 0.05) is 26.0 Å². The fraction of sp³-hybridized carbons (Fsp3) is 0.250. The third-order valence-corrected chi connectivity index (χ3v) is 2.65. The van der Waals surface area contributed by atoms with Crippen LogP contribution in [0.15, 0.2) is 30.5 Å². The Hall–Kier alpha value is -1.51. The highest BCUT2D eigenvalue weighted by Gasteiger charge is 2.00. The molecule has 2 rings (SSSR count). The summed E-state index contributed by atoms with van der Waals surface area (Å²) in [5.74, 6) is 0. The number of fused-ring (bicyclic) bond motifs is 1. The van der Waals surface area contributed by atoms with Gasteiger partial charge in [-0.15, -0.1) is 0 Å². The zero-order valence-corrected chi connectivity index (χ0v) is 9.49. The Kier molecular flexibility index (Phi) is 2.63.